The third kappa shape index (κ3) is 4.28. The van der Waals surface area contributed by atoms with Crippen LogP contribution in [0.5, 0.6) is 0 Å². The van der Waals surface area contributed by atoms with Gasteiger partial charge in [0.15, 0.2) is 11.6 Å². The van der Waals surface area contributed by atoms with E-state index in [0.29, 0.717) is 33.7 Å². The highest BCUT2D eigenvalue weighted by Crippen LogP contribution is 2.37. The average Bonchev–Trinajstić information content (AvgIpc) is 2.74. The summed E-state index contributed by atoms with van der Waals surface area (Å²) in [7, 11) is 0. The van der Waals surface area contributed by atoms with E-state index in [1.165, 1.54) is 0 Å². The van der Waals surface area contributed by atoms with Crippen LogP contribution in [0, 0.1) is 35.2 Å². The number of hydrogen-bond donors (Lipinski definition) is 0. The molecule has 0 spiro atoms. The first kappa shape index (κ1) is 20.3. The lowest BCUT2D eigenvalue weighted by Gasteiger charge is -2.28. The molecule has 0 radical (unpaired) electrons. The number of fused-ring (bicyclic) bond motifs is 1. The highest BCUT2D eigenvalue weighted by atomic mass is 19.2. The fourth-order valence-corrected chi connectivity index (χ4v) is 4.37. The van der Waals surface area contributed by atoms with E-state index in [-0.39, 0.29) is 5.82 Å². The summed E-state index contributed by atoms with van der Waals surface area (Å²) in [6, 6.07) is 12.7. The van der Waals surface area contributed by atoms with E-state index in [0.717, 1.165) is 49.8 Å². The summed E-state index contributed by atoms with van der Waals surface area (Å²) >= 11 is 0. The molecule has 0 heterocycles. The van der Waals surface area contributed by atoms with Crippen LogP contribution in [-0.2, 0) is 0 Å². The molecule has 1 saturated carbocycles. The molecule has 0 bridgehead atoms. The lowest BCUT2D eigenvalue weighted by atomic mass is 9.77. The van der Waals surface area contributed by atoms with Crippen LogP contribution in [0.4, 0.5) is 13.2 Å². The smallest absolute Gasteiger partial charge is 0.159 e. The normalized spacial score (nSPS) is 18.6. The SMILES string of the molecule is C=CCC1CCC(c2ccc(C#Cc3cccc4cc(F)c(F)cc34)c(F)c2)CC1. The van der Waals surface area contributed by atoms with Crippen molar-refractivity contribution < 1.29 is 13.2 Å². The van der Waals surface area contributed by atoms with Crippen LogP contribution in [0.3, 0.4) is 0 Å². The molecule has 3 aromatic rings. The highest BCUT2D eigenvalue weighted by molar-refractivity contribution is 5.88. The molecule has 1 aliphatic rings. The van der Waals surface area contributed by atoms with Crippen LogP contribution in [0.2, 0.25) is 0 Å². The standard InChI is InChI=1S/C27H23F3/c1-2-4-18-7-9-19(10-8-18)22-14-13-21(25(28)15-22)12-11-20-5-3-6-23-16-26(29)27(30)17-24(20)23/h2-3,5-6,13-19H,1,4,7-10H2. The zero-order chi connectivity index (χ0) is 21.1. The Hall–Kier alpha value is -2.99. The Morgan fingerprint density at radius 1 is 0.833 bits per heavy atom. The van der Waals surface area contributed by atoms with Crippen molar-refractivity contribution in [3.05, 3.63) is 95.3 Å². The predicted molar refractivity (Wildman–Crippen MR) is 116 cm³/mol. The molecule has 1 aliphatic carbocycles. The minimum atomic E-state index is -0.921. The Labute approximate surface area is 175 Å². The second kappa shape index (κ2) is 8.79. The molecule has 4 rings (SSSR count). The minimum Gasteiger partial charge on any atom is -0.206 e. The summed E-state index contributed by atoms with van der Waals surface area (Å²) in [5.74, 6) is 4.71. The predicted octanol–water partition coefficient (Wildman–Crippen LogP) is 7.51. The number of halogens is 3. The van der Waals surface area contributed by atoms with Crippen molar-refractivity contribution in [2.75, 3.05) is 0 Å². The molecule has 3 aromatic carbocycles. The lowest BCUT2D eigenvalue weighted by Crippen LogP contribution is -2.13. The van der Waals surface area contributed by atoms with Crippen LogP contribution >= 0.6 is 0 Å². The molecule has 152 valence electrons. The molecule has 0 amide bonds. The molecule has 0 N–H and O–H groups in total. The van der Waals surface area contributed by atoms with Gasteiger partial charge < -0.3 is 0 Å². The fourth-order valence-electron chi connectivity index (χ4n) is 4.37. The van der Waals surface area contributed by atoms with Crippen molar-refractivity contribution >= 4 is 10.8 Å². The Morgan fingerprint density at radius 3 is 2.30 bits per heavy atom. The van der Waals surface area contributed by atoms with Gasteiger partial charge in [-0.1, -0.05) is 36.1 Å². The Kier molecular flexibility index (Phi) is 5.95. The van der Waals surface area contributed by atoms with Crippen molar-refractivity contribution in [2.24, 2.45) is 5.92 Å². The molecule has 0 nitrogen and oxygen atoms in total. The minimum absolute atomic E-state index is 0.304. The van der Waals surface area contributed by atoms with Gasteiger partial charge in [0.05, 0.1) is 5.56 Å². The van der Waals surface area contributed by atoms with Gasteiger partial charge in [0, 0.05) is 10.9 Å². The van der Waals surface area contributed by atoms with Crippen LogP contribution in [0.1, 0.15) is 54.7 Å². The zero-order valence-corrected chi connectivity index (χ0v) is 16.7. The van der Waals surface area contributed by atoms with Crippen molar-refractivity contribution in [3.8, 4) is 11.8 Å². The van der Waals surface area contributed by atoms with Gasteiger partial charge in [0.1, 0.15) is 5.82 Å². The van der Waals surface area contributed by atoms with E-state index in [9.17, 15) is 13.2 Å². The summed E-state index contributed by atoms with van der Waals surface area (Å²) in [5, 5.41) is 1.07. The molecule has 0 aliphatic heterocycles. The van der Waals surface area contributed by atoms with E-state index in [1.54, 1.807) is 30.3 Å². The van der Waals surface area contributed by atoms with Crippen LogP contribution < -0.4 is 0 Å². The molecule has 0 atom stereocenters. The second-order valence-corrected chi connectivity index (χ2v) is 8.02. The van der Waals surface area contributed by atoms with E-state index in [4.69, 9.17) is 0 Å². The van der Waals surface area contributed by atoms with E-state index in [2.05, 4.69) is 18.4 Å². The van der Waals surface area contributed by atoms with Gasteiger partial charge in [-0.3, -0.25) is 0 Å². The largest absolute Gasteiger partial charge is 0.206 e. The first-order valence-corrected chi connectivity index (χ1v) is 10.4. The van der Waals surface area contributed by atoms with Crippen molar-refractivity contribution in [3.63, 3.8) is 0 Å². The third-order valence-electron chi connectivity index (χ3n) is 6.06. The molecular formula is C27H23F3. The van der Waals surface area contributed by atoms with E-state index >= 15 is 0 Å². The summed E-state index contributed by atoms with van der Waals surface area (Å²) in [6.45, 7) is 3.82. The van der Waals surface area contributed by atoms with Gasteiger partial charge in [-0.25, -0.2) is 13.2 Å². The van der Waals surface area contributed by atoms with Crippen LogP contribution in [0.15, 0.2) is 61.2 Å². The van der Waals surface area contributed by atoms with Gasteiger partial charge in [-0.15, -0.1) is 6.58 Å². The molecule has 3 heteroatoms. The van der Waals surface area contributed by atoms with Gasteiger partial charge in [0.25, 0.3) is 0 Å². The maximum Gasteiger partial charge on any atom is 0.159 e. The quantitative estimate of drug-likeness (QED) is 0.313. The van der Waals surface area contributed by atoms with Crippen molar-refractivity contribution in [1.82, 2.24) is 0 Å². The summed E-state index contributed by atoms with van der Waals surface area (Å²) in [6.07, 6.45) is 7.48. The average molecular weight is 404 g/mol. The first-order valence-electron chi connectivity index (χ1n) is 10.4. The lowest BCUT2D eigenvalue weighted by molar-refractivity contribution is 0.328. The summed E-state index contributed by atoms with van der Waals surface area (Å²) < 4.78 is 41.8. The highest BCUT2D eigenvalue weighted by Gasteiger charge is 2.22. The zero-order valence-electron chi connectivity index (χ0n) is 16.7. The number of hydrogen-bond acceptors (Lipinski definition) is 0. The molecule has 1 fully saturated rings. The van der Waals surface area contributed by atoms with Crippen LogP contribution in [-0.4, -0.2) is 0 Å². The summed E-state index contributed by atoms with van der Waals surface area (Å²) in [5.41, 5.74) is 1.87. The molecule has 30 heavy (non-hydrogen) atoms. The topological polar surface area (TPSA) is 0 Å². The Bertz CT molecular complexity index is 1140. The fraction of sp³-hybridized carbons (Fsp3) is 0.259. The molecule has 0 saturated heterocycles. The van der Waals surface area contributed by atoms with E-state index < -0.39 is 11.6 Å². The Balaban J connectivity index is 1.56. The van der Waals surface area contributed by atoms with Gasteiger partial charge >= 0.3 is 0 Å². The number of rotatable bonds is 3. The monoisotopic (exact) mass is 404 g/mol. The van der Waals surface area contributed by atoms with Gasteiger partial charge in [0.2, 0.25) is 0 Å². The first-order chi connectivity index (χ1) is 14.5. The molecule has 0 aromatic heterocycles. The maximum absolute atomic E-state index is 14.7. The van der Waals surface area contributed by atoms with Gasteiger partial charge in [-0.2, -0.15) is 0 Å². The van der Waals surface area contributed by atoms with Gasteiger partial charge in [-0.05, 0) is 85.2 Å². The van der Waals surface area contributed by atoms with E-state index in [1.807, 2.05) is 12.1 Å². The van der Waals surface area contributed by atoms with Crippen molar-refractivity contribution in [2.45, 2.75) is 38.0 Å². The number of benzene rings is 3. The Morgan fingerprint density at radius 2 is 1.57 bits per heavy atom. The second-order valence-electron chi connectivity index (χ2n) is 8.02. The summed E-state index contributed by atoms with van der Waals surface area (Å²) in [4.78, 5) is 0. The maximum atomic E-state index is 14.7. The molecule has 0 unspecified atom stereocenters. The number of allylic oxidation sites excluding steroid dienone is 1. The van der Waals surface area contributed by atoms with Crippen molar-refractivity contribution in [1.29, 1.82) is 0 Å². The third-order valence-corrected chi connectivity index (χ3v) is 6.06. The van der Waals surface area contributed by atoms with Crippen LogP contribution in [0.25, 0.3) is 10.8 Å². The molecular weight excluding hydrogens is 381 g/mol.